The van der Waals surface area contributed by atoms with E-state index in [0.717, 1.165) is 31.6 Å². The molecule has 100 valence electrons. The summed E-state index contributed by atoms with van der Waals surface area (Å²) in [5.74, 6) is 1.02. The normalized spacial score (nSPS) is 17.1. The van der Waals surface area contributed by atoms with Crippen LogP contribution in [-0.4, -0.2) is 31.0 Å². The van der Waals surface area contributed by atoms with Gasteiger partial charge in [-0.3, -0.25) is 0 Å². The van der Waals surface area contributed by atoms with Gasteiger partial charge in [0.15, 0.2) is 0 Å². The summed E-state index contributed by atoms with van der Waals surface area (Å²) in [5.41, 5.74) is 2.58. The number of benzene rings is 1. The largest absolute Gasteiger partial charge is 0.493 e. The minimum atomic E-state index is -0.288. The second-order valence-electron chi connectivity index (χ2n) is 5.02. The van der Waals surface area contributed by atoms with Crippen LogP contribution in [0.1, 0.15) is 30.9 Å². The van der Waals surface area contributed by atoms with Gasteiger partial charge in [0, 0.05) is 13.5 Å². The van der Waals surface area contributed by atoms with Crippen molar-refractivity contribution in [3.63, 3.8) is 0 Å². The van der Waals surface area contributed by atoms with Crippen LogP contribution in [0.3, 0.4) is 0 Å². The number of methoxy groups -OCH3 is 1. The molecular weight excluding hydrogens is 228 g/mol. The molecule has 0 amide bonds. The van der Waals surface area contributed by atoms with Crippen molar-refractivity contribution in [3.8, 4) is 5.75 Å². The average molecular weight is 250 g/mol. The van der Waals surface area contributed by atoms with Crippen molar-refractivity contribution in [3.05, 3.63) is 29.3 Å². The predicted octanol–water partition coefficient (Wildman–Crippen LogP) is 2.34. The number of hydrogen-bond acceptors (Lipinski definition) is 3. The van der Waals surface area contributed by atoms with Crippen LogP contribution in [0.5, 0.6) is 5.75 Å². The summed E-state index contributed by atoms with van der Waals surface area (Å²) in [6, 6.07) is 6.34. The van der Waals surface area contributed by atoms with Gasteiger partial charge in [-0.25, -0.2) is 0 Å². The molecule has 0 saturated carbocycles. The van der Waals surface area contributed by atoms with Gasteiger partial charge < -0.3 is 14.6 Å². The Labute approximate surface area is 109 Å². The second kappa shape index (κ2) is 6.21. The summed E-state index contributed by atoms with van der Waals surface area (Å²) in [6.45, 7) is 2.78. The molecule has 3 heteroatoms. The molecule has 3 nitrogen and oxygen atoms in total. The first kappa shape index (κ1) is 13.4. The molecule has 0 bridgehead atoms. The zero-order valence-corrected chi connectivity index (χ0v) is 11.2. The third-order valence-electron chi connectivity index (χ3n) is 3.53. The van der Waals surface area contributed by atoms with Crippen LogP contribution in [0.2, 0.25) is 0 Å². The number of aliphatic hydroxyl groups is 1. The Kier molecular flexibility index (Phi) is 4.61. The molecule has 2 unspecified atom stereocenters. The third-order valence-corrected chi connectivity index (χ3v) is 3.53. The van der Waals surface area contributed by atoms with Gasteiger partial charge in [0.1, 0.15) is 5.75 Å². The van der Waals surface area contributed by atoms with Crippen molar-refractivity contribution in [2.24, 2.45) is 0 Å². The zero-order valence-electron chi connectivity index (χ0n) is 11.2. The van der Waals surface area contributed by atoms with E-state index in [4.69, 9.17) is 9.47 Å². The van der Waals surface area contributed by atoms with E-state index in [9.17, 15) is 5.11 Å². The lowest BCUT2D eigenvalue weighted by molar-refractivity contribution is 0.0530. The number of hydrogen-bond donors (Lipinski definition) is 1. The van der Waals surface area contributed by atoms with Gasteiger partial charge in [0.2, 0.25) is 0 Å². The molecule has 0 aromatic heterocycles. The third kappa shape index (κ3) is 3.47. The number of aliphatic hydroxyl groups excluding tert-OH is 1. The topological polar surface area (TPSA) is 38.7 Å². The predicted molar refractivity (Wildman–Crippen MR) is 71.1 cm³/mol. The monoisotopic (exact) mass is 250 g/mol. The molecule has 0 fully saturated rings. The standard InChI is InChI=1S/C15H22O3/c1-11(17-2)9-14(16)5-3-12-4-6-15-13(10-12)7-8-18-15/h4,6,10-11,14,16H,3,5,7-9H2,1-2H3. The number of aryl methyl sites for hydroxylation is 1. The van der Waals surface area contributed by atoms with Crippen molar-refractivity contribution in [2.45, 2.75) is 44.8 Å². The van der Waals surface area contributed by atoms with E-state index < -0.39 is 0 Å². The smallest absolute Gasteiger partial charge is 0.122 e. The van der Waals surface area contributed by atoms with E-state index in [-0.39, 0.29) is 12.2 Å². The molecule has 18 heavy (non-hydrogen) atoms. The van der Waals surface area contributed by atoms with Gasteiger partial charge in [-0.2, -0.15) is 0 Å². The Bertz CT molecular complexity index is 389. The first-order chi connectivity index (χ1) is 8.69. The first-order valence-corrected chi connectivity index (χ1v) is 6.64. The molecule has 1 aliphatic heterocycles. The SMILES string of the molecule is COC(C)CC(O)CCc1ccc2c(c1)CCO2. The molecular formula is C15H22O3. The van der Waals surface area contributed by atoms with Crippen molar-refractivity contribution in [1.82, 2.24) is 0 Å². The Morgan fingerprint density at radius 1 is 1.44 bits per heavy atom. The van der Waals surface area contributed by atoms with Crippen LogP contribution < -0.4 is 4.74 Å². The lowest BCUT2D eigenvalue weighted by Gasteiger charge is -2.15. The van der Waals surface area contributed by atoms with E-state index in [2.05, 4.69) is 12.1 Å². The molecule has 2 atom stereocenters. The fourth-order valence-electron chi connectivity index (χ4n) is 2.33. The van der Waals surface area contributed by atoms with Crippen LogP contribution in [0.15, 0.2) is 18.2 Å². The Balaban J connectivity index is 1.83. The molecule has 1 heterocycles. The van der Waals surface area contributed by atoms with E-state index in [1.54, 1.807) is 7.11 Å². The van der Waals surface area contributed by atoms with Crippen LogP contribution in [0.4, 0.5) is 0 Å². The average Bonchev–Trinajstić information content (AvgIpc) is 2.83. The maximum Gasteiger partial charge on any atom is 0.122 e. The van der Waals surface area contributed by atoms with Crippen molar-refractivity contribution in [2.75, 3.05) is 13.7 Å². The van der Waals surface area contributed by atoms with E-state index >= 15 is 0 Å². The molecule has 2 rings (SSSR count). The summed E-state index contributed by atoms with van der Waals surface area (Å²) < 4.78 is 10.6. The molecule has 1 aliphatic rings. The lowest BCUT2D eigenvalue weighted by atomic mass is 10.0. The van der Waals surface area contributed by atoms with Crippen molar-refractivity contribution < 1.29 is 14.6 Å². The van der Waals surface area contributed by atoms with E-state index in [0.29, 0.717) is 6.42 Å². The number of rotatable bonds is 6. The Morgan fingerprint density at radius 3 is 3.06 bits per heavy atom. The highest BCUT2D eigenvalue weighted by atomic mass is 16.5. The van der Waals surface area contributed by atoms with Crippen LogP contribution in [-0.2, 0) is 17.6 Å². The highest BCUT2D eigenvalue weighted by Gasteiger charge is 2.13. The Hall–Kier alpha value is -1.06. The van der Waals surface area contributed by atoms with E-state index in [1.807, 2.05) is 13.0 Å². The Morgan fingerprint density at radius 2 is 2.28 bits per heavy atom. The first-order valence-electron chi connectivity index (χ1n) is 6.64. The highest BCUT2D eigenvalue weighted by molar-refractivity contribution is 5.39. The van der Waals surface area contributed by atoms with Crippen LogP contribution >= 0.6 is 0 Å². The number of ether oxygens (including phenoxy) is 2. The zero-order chi connectivity index (χ0) is 13.0. The molecule has 1 aromatic carbocycles. The molecule has 0 saturated heterocycles. The quantitative estimate of drug-likeness (QED) is 0.842. The lowest BCUT2D eigenvalue weighted by Crippen LogP contribution is -2.17. The van der Waals surface area contributed by atoms with Gasteiger partial charge in [0.05, 0.1) is 18.8 Å². The maximum atomic E-state index is 9.90. The summed E-state index contributed by atoms with van der Waals surface area (Å²) in [4.78, 5) is 0. The summed E-state index contributed by atoms with van der Waals surface area (Å²) in [5, 5.41) is 9.90. The van der Waals surface area contributed by atoms with Gasteiger partial charge >= 0.3 is 0 Å². The van der Waals surface area contributed by atoms with Gasteiger partial charge in [0.25, 0.3) is 0 Å². The van der Waals surface area contributed by atoms with Crippen LogP contribution in [0.25, 0.3) is 0 Å². The summed E-state index contributed by atoms with van der Waals surface area (Å²) >= 11 is 0. The molecule has 1 N–H and O–H groups in total. The number of fused-ring (bicyclic) bond motifs is 1. The van der Waals surface area contributed by atoms with Gasteiger partial charge in [-0.15, -0.1) is 0 Å². The minimum Gasteiger partial charge on any atom is -0.493 e. The molecule has 0 spiro atoms. The van der Waals surface area contributed by atoms with Gasteiger partial charge in [-0.1, -0.05) is 12.1 Å². The highest BCUT2D eigenvalue weighted by Crippen LogP contribution is 2.26. The summed E-state index contributed by atoms with van der Waals surface area (Å²) in [6.07, 6.45) is 3.23. The van der Waals surface area contributed by atoms with Gasteiger partial charge in [-0.05, 0) is 43.4 Å². The minimum absolute atomic E-state index is 0.119. The maximum absolute atomic E-state index is 9.90. The second-order valence-corrected chi connectivity index (χ2v) is 5.02. The summed E-state index contributed by atoms with van der Waals surface area (Å²) in [7, 11) is 1.68. The van der Waals surface area contributed by atoms with E-state index in [1.165, 1.54) is 11.1 Å². The van der Waals surface area contributed by atoms with Crippen molar-refractivity contribution in [1.29, 1.82) is 0 Å². The van der Waals surface area contributed by atoms with Crippen LogP contribution in [0, 0.1) is 0 Å². The molecule has 1 aromatic rings. The molecule has 0 aliphatic carbocycles. The fourth-order valence-corrected chi connectivity index (χ4v) is 2.33. The fraction of sp³-hybridized carbons (Fsp3) is 0.600. The molecule has 0 radical (unpaired) electrons. The van der Waals surface area contributed by atoms with Crippen molar-refractivity contribution >= 4 is 0 Å².